The normalized spacial score (nSPS) is 15.9. The third kappa shape index (κ3) is 3.77. The molecule has 1 heterocycles. The molecule has 138 valence electrons. The summed E-state index contributed by atoms with van der Waals surface area (Å²) in [5.74, 6) is 0.0196. The Balaban J connectivity index is 1.74. The van der Waals surface area contributed by atoms with Crippen molar-refractivity contribution in [2.75, 3.05) is 31.1 Å². The Morgan fingerprint density at radius 3 is 2.35 bits per heavy atom. The molecule has 26 heavy (non-hydrogen) atoms. The Kier molecular flexibility index (Phi) is 5.37. The largest absolute Gasteiger partial charge is 0.369 e. The molecule has 1 fully saturated rings. The molecule has 7 heteroatoms. The lowest BCUT2D eigenvalue weighted by Crippen LogP contribution is -2.48. The number of hydrogen-bond acceptors (Lipinski definition) is 4. The van der Waals surface area contributed by atoms with Gasteiger partial charge in [-0.3, -0.25) is 4.79 Å². The summed E-state index contributed by atoms with van der Waals surface area (Å²) < 4.78 is 27.2. The molecule has 2 aromatic carbocycles. The molecule has 0 spiro atoms. The van der Waals surface area contributed by atoms with Crippen molar-refractivity contribution in [3.05, 3.63) is 58.6 Å². The van der Waals surface area contributed by atoms with Crippen LogP contribution >= 0.6 is 11.6 Å². The second-order valence-corrected chi connectivity index (χ2v) is 8.75. The van der Waals surface area contributed by atoms with Gasteiger partial charge in [0, 0.05) is 42.5 Å². The van der Waals surface area contributed by atoms with E-state index in [1.165, 1.54) is 11.2 Å². The minimum Gasteiger partial charge on any atom is -0.369 e. The number of sulfonamides is 1. The Hall–Kier alpha value is -1.89. The fourth-order valence-corrected chi connectivity index (χ4v) is 4.66. The van der Waals surface area contributed by atoms with Crippen LogP contribution in [0, 0.1) is 6.92 Å². The Bertz CT molecular complexity index is 936. The van der Waals surface area contributed by atoms with Crippen LogP contribution in [0.3, 0.4) is 0 Å². The second kappa shape index (κ2) is 7.39. The number of benzene rings is 2. The molecule has 0 radical (unpaired) electrons. The standard InChI is InChI=1S/C19H21ClN2O3S/c1-14-12-18(6-7-19(14)20)26(24,25)22-10-8-21(9-11-22)17-5-3-4-16(13-17)15(2)23/h3-7,12-13H,8-11H2,1-2H3. The van der Waals surface area contributed by atoms with E-state index in [1.54, 1.807) is 31.2 Å². The van der Waals surface area contributed by atoms with Gasteiger partial charge in [-0.05, 0) is 49.7 Å². The molecule has 1 aliphatic heterocycles. The Morgan fingerprint density at radius 1 is 1.04 bits per heavy atom. The number of carbonyl (C=O) groups is 1. The highest BCUT2D eigenvalue weighted by Gasteiger charge is 2.29. The third-order valence-corrected chi connectivity index (χ3v) is 6.94. The first-order chi connectivity index (χ1) is 12.3. The van der Waals surface area contributed by atoms with Crippen LogP contribution in [-0.4, -0.2) is 44.7 Å². The van der Waals surface area contributed by atoms with E-state index in [0.717, 1.165) is 11.3 Å². The van der Waals surface area contributed by atoms with Crippen LogP contribution in [0.25, 0.3) is 0 Å². The summed E-state index contributed by atoms with van der Waals surface area (Å²) in [7, 11) is -3.53. The maximum atomic E-state index is 12.9. The van der Waals surface area contributed by atoms with Crippen molar-refractivity contribution < 1.29 is 13.2 Å². The topological polar surface area (TPSA) is 57.7 Å². The average molecular weight is 393 g/mol. The molecule has 3 rings (SSSR count). The van der Waals surface area contributed by atoms with Crippen LogP contribution in [0.4, 0.5) is 5.69 Å². The van der Waals surface area contributed by atoms with E-state index < -0.39 is 10.0 Å². The number of carbonyl (C=O) groups excluding carboxylic acids is 1. The van der Waals surface area contributed by atoms with Gasteiger partial charge in [0.2, 0.25) is 10.0 Å². The van der Waals surface area contributed by atoms with E-state index in [-0.39, 0.29) is 10.7 Å². The van der Waals surface area contributed by atoms with Gasteiger partial charge in [0.15, 0.2) is 5.78 Å². The minimum absolute atomic E-state index is 0.0196. The average Bonchev–Trinajstić information content (AvgIpc) is 2.64. The zero-order chi connectivity index (χ0) is 18.9. The SMILES string of the molecule is CC(=O)c1cccc(N2CCN(S(=O)(=O)c3ccc(Cl)c(C)c3)CC2)c1. The summed E-state index contributed by atoms with van der Waals surface area (Å²) in [6.07, 6.45) is 0. The molecule has 0 unspecified atom stereocenters. The summed E-state index contributed by atoms with van der Waals surface area (Å²) in [6, 6.07) is 12.2. The molecular formula is C19H21ClN2O3S. The van der Waals surface area contributed by atoms with Gasteiger partial charge in [0.25, 0.3) is 0 Å². The zero-order valence-electron chi connectivity index (χ0n) is 14.8. The lowest BCUT2D eigenvalue weighted by molar-refractivity contribution is 0.101. The van der Waals surface area contributed by atoms with Gasteiger partial charge in [-0.1, -0.05) is 23.7 Å². The molecule has 0 bridgehead atoms. The maximum Gasteiger partial charge on any atom is 0.243 e. The van der Waals surface area contributed by atoms with Gasteiger partial charge in [-0.25, -0.2) is 8.42 Å². The molecule has 0 aliphatic carbocycles. The van der Waals surface area contributed by atoms with Crippen molar-refractivity contribution in [2.45, 2.75) is 18.7 Å². The highest BCUT2D eigenvalue weighted by atomic mass is 35.5. The number of aryl methyl sites for hydroxylation is 1. The first kappa shape index (κ1) is 18.9. The Labute approximate surface area is 159 Å². The number of rotatable bonds is 4. The van der Waals surface area contributed by atoms with E-state index in [2.05, 4.69) is 4.90 Å². The van der Waals surface area contributed by atoms with Gasteiger partial charge in [-0.2, -0.15) is 4.31 Å². The van der Waals surface area contributed by atoms with Crippen molar-refractivity contribution in [3.8, 4) is 0 Å². The number of Topliss-reactive ketones (excluding diaryl/α,β-unsaturated/α-hetero) is 1. The van der Waals surface area contributed by atoms with Crippen molar-refractivity contribution >= 4 is 33.1 Å². The van der Waals surface area contributed by atoms with Crippen molar-refractivity contribution in [1.29, 1.82) is 0 Å². The Morgan fingerprint density at radius 2 is 1.73 bits per heavy atom. The van der Waals surface area contributed by atoms with E-state index in [9.17, 15) is 13.2 Å². The van der Waals surface area contributed by atoms with Crippen molar-refractivity contribution in [2.24, 2.45) is 0 Å². The number of anilines is 1. The summed E-state index contributed by atoms with van der Waals surface area (Å²) >= 11 is 6.00. The minimum atomic E-state index is -3.53. The predicted octanol–water partition coefficient (Wildman–Crippen LogP) is 3.36. The third-order valence-electron chi connectivity index (χ3n) is 4.62. The number of piperazine rings is 1. The molecule has 0 saturated carbocycles. The fourth-order valence-electron chi connectivity index (χ4n) is 3.03. The number of halogens is 1. The van der Waals surface area contributed by atoms with Crippen LogP contribution in [0.2, 0.25) is 5.02 Å². The van der Waals surface area contributed by atoms with Crippen LogP contribution in [0.15, 0.2) is 47.4 Å². The van der Waals surface area contributed by atoms with Crippen LogP contribution < -0.4 is 4.90 Å². The van der Waals surface area contributed by atoms with Gasteiger partial charge >= 0.3 is 0 Å². The predicted molar refractivity (Wildman–Crippen MR) is 104 cm³/mol. The quantitative estimate of drug-likeness (QED) is 0.748. The molecule has 1 aliphatic rings. The first-order valence-electron chi connectivity index (χ1n) is 8.41. The number of nitrogens with zero attached hydrogens (tertiary/aromatic N) is 2. The smallest absolute Gasteiger partial charge is 0.243 e. The van der Waals surface area contributed by atoms with Gasteiger partial charge < -0.3 is 4.90 Å². The molecule has 0 aromatic heterocycles. The van der Waals surface area contributed by atoms with E-state index >= 15 is 0 Å². The summed E-state index contributed by atoms with van der Waals surface area (Å²) in [5.41, 5.74) is 2.35. The summed E-state index contributed by atoms with van der Waals surface area (Å²) in [4.78, 5) is 13.9. The lowest BCUT2D eigenvalue weighted by Gasteiger charge is -2.35. The fraction of sp³-hybridized carbons (Fsp3) is 0.316. The number of hydrogen-bond donors (Lipinski definition) is 0. The summed E-state index contributed by atoms with van der Waals surface area (Å²) in [6.45, 7) is 5.28. The summed E-state index contributed by atoms with van der Waals surface area (Å²) in [5, 5.41) is 0.555. The van der Waals surface area contributed by atoms with Gasteiger partial charge in [0.05, 0.1) is 4.90 Å². The van der Waals surface area contributed by atoms with E-state index in [4.69, 9.17) is 11.6 Å². The van der Waals surface area contributed by atoms with E-state index in [0.29, 0.717) is 36.8 Å². The van der Waals surface area contributed by atoms with Crippen LogP contribution in [-0.2, 0) is 10.0 Å². The monoisotopic (exact) mass is 392 g/mol. The van der Waals surface area contributed by atoms with Gasteiger partial charge in [0.1, 0.15) is 0 Å². The second-order valence-electron chi connectivity index (χ2n) is 6.41. The lowest BCUT2D eigenvalue weighted by atomic mass is 10.1. The first-order valence-corrected chi connectivity index (χ1v) is 10.2. The highest BCUT2D eigenvalue weighted by molar-refractivity contribution is 7.89. The van der Waals surface area contributed by atoms with Crippen LogP contribution in [0.1, 0.15) is 22.8 Å². The van der Waals surface area contributed by atoms with Crippen molar-refractivity contribution in [3.63, 3.8) is 0 Å². The molecule has 0 N–H and O–H groups in total. The molecule has 0 atom stereocenters. The number of ketones is 1. The zero-order valence-corrected chi connectivity index (χ0v) is 16.3. The van der Waals surface area contributed by atoms with Gasteiger partial charge in [-0.15, -0.1) is 0 Å². The van der Waals surface area contributed by atoms with Crippen molar-refractivity contribution in [1.82, 2.24) is 4.31 Å². The molecule has 0 amide bonds. The molecule has 2 aromatic rings. The molecule has 5 nitrogen and oxygen atoms in total. The highest BCUT2D eigenvalue weighted by Crippen LogP contribution is 2.25. The maximum absolute atomic E-state index is 12.9. The van der Waals surface area contributed by atoms with Crippen LogP contribution in [0.5, 0.6) is 0 Å². The molecular weight excluding hydrogens is 372 g/mol. The molecule has 1 saturated heterocycles. The van der Waals surface area contributed by atoms with E-state index in [1.807, 2.05) is 18.2 Å².